The Hall–Kier alpha value is -1.63. The first kappa shape index (κ1) is 13.4. The predicted octanol–water partition coefficient (Wildman–Crippen LogP) is 0.980. The third kappa shape index (κ3) is 3.70. The predicted molar refractivity (Wildman–Crippen MR) is 60.9 cm³/mol. The van der Waals surface area contributed by atoms with E-state index < -0.39 is 5.97 Å². The molecule has 1 rings (SSSR count). The van der Waals surface area contributed by atoms with Crippen LogP contribution >= 0.6 is 0 Å². The lowest BCUT2D eigenvalue weighted by atomic mass is 10.3. The van der Waals surface area contributed by atoms with Crippen LogP contribution in [0.1, 0.15) is 30.0 Å². The Balaban J connectivity index is 3.02. The molecule has 0 saturated heterocycles. The first-order valence-electron chi connectivity index (χ1n) is 5.13. The highest BCUT2D eigenvalue weighted by Crippen LogP contribution is 2.16. The summed E-state index contributed by atoms with van der Waals surface area (Å²) in [4.78, 5) is 19.5. The van der Waals surface area contributed by atoms with E-state index in [4.69, 9.17) is 9.47 Å². The van der Waals surface area contributed by atoms with Crippen molar-refractivity contribution in [3.8, 4) is 5.88 Å². The lowest BCUT2D eigenvalue weighted by Gasteiger charge is -2.07. The Morgan fingerprint density at radius 2 is 2.18 bits per heavy atom. The molecule has 0 aliphatic heterocycles. The zero-order valence-corrected chi connectivity index (χ0v) is 10.5. The Morgan fingerprint density at radius 1 is 1.41 bits per heavy atom. The number of hydrogen-bond acceptors (Lipinski definition) is 6. The van der Waals surface area contributed by atoms with E-state index in [2.05, 4.69) is 9.97 Å². The first-order chi connectivity index (χ1) is 8.22. The lowest BCUT2D eigenvalue weighted by Crippen LogP contribution is -2.11. The van der Waals surface area contributed by atoms with Gasteiger partial charge in [-0.2, -0.15) is 4.98 Å². The minimum atomic E-state index is -0.530. The largest absolute Gasteiger partial charge is 0.477 e. The molecule has 0 aliphatic rings. The maximum atomic E-state index is 11.6. The van der Waals surface area contributed by atoms with Gasteiger partial charge in [-0.25, -0.2) is 9.78 Å². The van der Waals surface area contributed by atoms with E-state index >= 15 is 0 Å². The van der Waals surface area contributed by atoms with Gasteiger partial charge in [-0.15, -0.1) is 0 Å². The minimum Gasteiger partial charge on any atom is -0.477 e. The summed E-state index contributed by atoms with van der Waals surface area (Å²) >= 11 is 0.359. The summed E-state index contributed by atoms with van der Waals surface area (Å²) < 4.78 is 20.5. The fourth-order valence-electron chi connectivity index (χ4n) is 1.12. The Morgan fingerprint density at radius 3 is 2.76 bits per heavy atom. The standard InChI is InChI=1S/C10H13N2O4S/c1-3-15-9-7(10(13)16-4-2)5-11-8(12-9)6-17-14/h5H,3-4,6H2,1-2H3/q+1. The van der Waals surface area contributed by atoms with Gasteiger partial charge in [0.1, 0.15) is 5.56 Å². The molecule has 1 heterocycles. The van der Waals surface area contributed by atoms with Crippen molar-refractivity contribution < 1.29 is 18.5 Å². The van der Waals surface area contributed by atoms with Crippen LogP contribution in [0.4, 0.5) is 0 Å². The maximum Gasteiger partial charge on any atom is 0.467 e. The molecule has 0 aliphatic carbocycles. The van der Waals surface area contributed by atoms with Gasteiger partial charge >= 0.3 is 17.6 Å². The molecular formula is C10H13N2O4S+. The Bertz CT molecular complexity index is 411. The smallest absolute Gasteiger partial charge is 0.467 e. The highest BCUT2D eigenvalue weighted by atomic mass is 32.1. The van der Waals surface area contributed by atoms with E-state index in [0.29, 0.717) is 24.1 Å². The van der Waals surface area contributed by atoms with Gasteiger partial charge in [0.15, 0.2) is 5.82 Å². The van der Waals surface area contributed by atoms with Gasteiger partial charge < -0.3 is 9.47 Å². The molecular weight excluding hydrogens is 244 g/mol. The molecule has 92 valence electrons. The van der Waals surface area contributed by atoms with Crippen LogP contribution in [0.15, 0.2) is 6.20 Å². The fraction of sp³-hybridized carbons (Fsp3) is 0.500. The summed E-state index contributed by atoms with van der Waals surface area (Å²) in [5.41, 5.74) is 0.174. The van der Waals surface area contributed by atoms with E-state index in [0.717, 1.165) is 0 Å². The number of esters is 1. The van der Waals surface area contributed by atoms with Crippen molar-refractivity contribution in [2.75, 3.05) is 13.2 Å². The zero-order chi connectivity index (χ0) is 12.7. The van der Waals surface area contributed by atoms with Crippen molar-refractivity contribution in [1.29, 1.82) is 0 Å². The maximum absolute atomic E-state index is 11.6. The molecule has 0 saturated carbocycles. The molecule has 0 fully saturated rings. The van der Waals surface area contributed by atoms with Crippen molar-refractivity contribution in [2.24, 2.45) is 0 Å². The third-order valence-electron chi connectivity index (χ3n) is 1.77. The van der Waals surface area contributed by atoms with E-state index in [1.54, 1.807) is 13.8 Å². The van der Waals surface area contributed by atoms with E-state index in [-0.39, 0.29) is 23.8 Å². The number of hydrogen-bond donors (Lipinski definition) is 0. The molecule has 0 radical (unpaired) electrons. The summed E-state index contributed by atoms with van der Waals surface area (Å²) in [5, 5.41) is 0. The van der Waals surface area contributed by atoms with Gasteiger partial charge in [-0.3, -0.25) is 0 Å². The van der Waals surface area contributed by atoms with Crippen LogP contribution in [0.2, 0.25) is 0 Å². The van der Waals surface area contributed by atoms with Gasteiger partial charge in [0.05, 0.1) is 13.2 Å². The monoisotopic (exact) mass is 257 g/mol. The summed E-state index contributed by atoms with van der Waals surface area (Å²) in [6.07, 6.45) is 1.32. The highest BCUT2D eigenvalue weighted by Gasteiger charge is 2.18. The van der Waals surface area contributed by atoms with Gasteiger partial charge in [0.25, 0.3) is 5.75 Å². The molecule has 17 heavy (non-hydrogen) atoms. The Labute approximate surface area is 103 Å². The minimum absolute atomic E-state index is 0.128. The highest BCUT2D eigenvalue weighted by molar-refractivity contribution is 7.64. The molecule has 6 nitrogen and oxygen atoms in total. The summed E-state index contributed by atoms with van der Waals surface area (Å²) in [6.45, 7) is 4.12. The van der Waals surface area contributed by atoms with E-state index in [1.165, 1.54) is 6.20 Å². The third-order valence-corrected chi connectivity index (χ3v) is 2.14. The second kappa shape index (κ2) is 6.85. The van der Waals surface area contributed by atoms with Crippen molar-refractivity contribution in [3.63, 3.8) is 0 Å². The SMILES string of the molecule is CCOC(=O)c1cnc(C[S+]=O)nc1OCC. The molecule has 0 spiro atoms. The van der Waals surface area contributed by atoms with Gasteiger partial charge in [-0.05, 0) is 13.8 Å². The van der Waals surface area contributed by atoms with Crippen molar-refractivity contribution >= 4 is 17.6 Å². The van der Waals surface area contributed by atoms with Crippen molar-refractivity contribution in [3.05, 3.63) is 17.6 Å². The molecule has 0 unspecified atom stereocenters. The number of carbonyl (C=O) groups is 1. The van der Waals surface area contributed by atoms with Crippen LogP contribution in [-0.2, 0) is 26.4 Å². The normalized spacial score (nSPS) is 9.76. The Kier molecular flexibility index (Phi) is 5.41. The summed E-state index contributed by atoms with van der Waals surface area (Å²) in [7, 11) is 0. The molecule has 7 heteroatoms. The van der Waals surface area contributed by atoms with Crippen LogP contribution in [0.25, 0.3) is 0 Å². The summed E-state index contributed by atoms with van der Waals surface area (Å²) in [5.74, 6) is 0.0900. The quantitative estimate of drug-likeness (QED) is 0.558. The van der Waals surface area contributed by atoms with Gasteiger partial charge in [-0.1, -0.05) is 0 Å². The fourth-order valence-corrected chi connectivity index (χ4v) is 1.36. The molecule has 0 bridgehead atoms. The molecule has 1 aromatic heterocycles. The number of nitrogens with zero attached hydrogens (tertiary/aromatic N) is 2. The molecule has 0 amide bonds. The lowest BCUT2D eigenvalue weighted by molar-refractivity contribution is 0.0520. The van der Waals surface area contributed by atoms with Crippen LogP contribution in [0.5, 0.6) is 5.88 Å². The number of rotatable bonds is 6. The number of carbonyl (C=O) groups excluding carboxylic acids is 1. The molecule has 0 N–H and O–H groups in total. The molecule has 0 aromatic carbocycles. The van der Waals surface area contributed by atoms with Crippen LogP contribution in [0.3, 0.4) is 0 Å². The number of ether oxygens (including phenoxy) is 2. The van der Waals surface area contributed by atoms with Crippen LogP contribution in [0, 0.1) is 0 Å². The topological polar surface area (TPSA) is 78.4 Å². The average Bonchev–Trinajstić information content (AvgIpc) is 2.30. The second-order valence-electron chi connectivity index (χ2n) is 2.92. The van der Waals surface area contributed by atoms with Crippen LogP contribution < -0.4 is 4.74 Å². The van der Waals surface area contributed by atoms with E-state index in [1.807, 2.05) is 0 Å². The van der Waals surface area contributed by atoms with Crippen LogP contribution in [-0.4, -0.2) is 29.2 Å². The average molecular weight is 257 g/mol. The molecule has 0 atom stereocenters. The van der Waals surface area contributed by atoms with Gasteiger partial charge in [0, 0.05) is 10.4 Å². The van der Waals surface area contributed by atoms with Crippen molar-refractivity contribution in [2.45, 2.75) is 19.6 Å². The second-order valence-corrected chi connectivity index (χ2v) is 3.45. The summed E-state index contributed by atoms with van der Waals surface area (Å²) in [6, 6.07) is 0. The van der Waals surface area contributed by atoms with Crippen molar-refractivity contribution in [1.82, 2.24) is 9.97 Å². The zero-order valence-electron chi connectivity index (χ0n) is 9.63. The number of aromatic nitrogens is 2. The first-order valence-corrected chi connectivity index (χ1v) is 6.04. The van der Waals surface area contributed by atoms with Gasteiger partial charge in [0.2, 0.25) is 5.88 Å². The van der Waals surface area contributed by atoms with E-state index in [9.17, 15) is 9.00 Å². The molecule has 1 aromatic rings.